The largest absolute Gasteiger partial charge is 0.323 e. The Kier molecular flexibility index (Phi) is 3.18. The first kappa shape index (κ1) is 11.3. The van der Waals surface area contributed by atoms with Gasteiger partial charge in [-0.25, -0.2) is 0 Å². The second-order valence-corrected chi connectivity index (χ2v) is 3.89. The molecular formula is C12H14N4O. The van der Waals surface area contributed by atoms with Gasteiger partial charge in [0, 0.05) is 12.4 Å². The van der Waals surface area contributed by atoms with Crippen LogP contribution in [0.25, 0.3) is 0 Å². The third kappa shape index (κ3) is 2.69. The van der Waals surface area contributed by atoms with Crippen molar-refractivity contribution in [2.45, 2.75) is 20.3 Å². The zero-order valence-corrected chi connectivity index (χ0v) is 9.82. The van der Waals surface area contributed by atoms with Crippen molar-refractivity contribution in [1.82, 2.24) is 15.2 Å². The number of anilines is 1. The van der Waals surface area contributed by atoms with Crippen molar-refractivity contribution in [2.75, 3.05) is 5.32 Å². The first-order chi connectivity index (χ1) is 8.16. The van der Waals surface area contributed by atoms with Crippen molar-refractivity contribution >= 4 is 11.6 Å². The molecule has 2 N–H and O–H groups in total. The smallest absolute Gasteiger partial charge is 0.228 e. The normalized spacial score (nSPS) is 10.2. The molecule has 17 heavy (non-hydrogen) atoms. The van der Waals surface area contributed by atoms with Crippen LogP contribution in [0.3, 0.4) is 0 Å². The van der Waals surface area contributed by atoms with Gasteiger partial charge in [0.05, 0.1) is 23.5 Å². The van der Waals surface area contributed by atoms with Gasteiger partial charge in [-0.15, -0.1) is 0 Å². The summed E-state index contributed by atoms with van der Waals surface area (Å²) >= 11 is 0. The summed E-state index contributed by atoms with van der Waals surface area (Å²) in [6.07, 6.45) is 3.69. The molecule has 0 unspecified atom stereocenters. The maximum absolute atomic E-state index is 11.8. The van der Waals surface area contributed by atoms with Gasteiger partial charge in [0.2, 0.25) is 5.91 Å². The van der Waals surface area contributed by atoms with Gasteiger partial charge in [0.15, 0.2) is 0 Å². The van der Waals surface area contributed by atoms with Crippen molar-refractivity contribution in [2.24, 2.45) is 0 Å². The maximum Gasteiger partial charge on any atom is 0.228 e. The summed E-state index contributed by atoms with van der Waals surface area (Å²) in [4.78, 5) is 15.7. The number of carbonyl (C=O) groups is 1. The van der Waals surface area contributed by atoms with Crippen LogP contribution in [0.2, 0.25) is 0 Å². The summed E-state index contributed by atoms with van der Waals surface area (Å²) in [6, 6.07) is 3.66. The highest BCUT2D eigenvalue weighted by atomic mass is 16.1. The molecule has 1 amide bonds. The zero-order valence-electron chi connectivity index (χ0n) is 9.82. The molecule has 0 saturated heterocycles. The van der Waals surface area contributed by atoms with E-state index in [1.165, 1.54) is 0 Å². The second kappa shape index (κ2) is 4.78. The highest BCUT2D eigenvalue weighted by Gasteiger charge is 2.10. The number of rotatable bonds is 3. The van der Waals surface area contributed by atoms with E-state index in [0.29, 0.717) is 6.42 Å². The summed E-state index contributed by atoms with van der Waals surface area (Å²) in [5, 5.41) is 9.71. The van der Waals surface area contributed by atoms with Crippen LogP contribution in [0, 0.1) is 13.8 Å². The molecule has 2 rings (SSSR count). The Morgan fingerprint density at radius 2 is 2.06 bits per heavy atom. The molecule has 2 aromatic rings. The Morgan fingerprint density at radius 3 is 2.65 bits per heavy atom. The van der Waals surface area contributed by atoms with Gasteiger partial charge in [-0.2, -0.15) is 5.10 Å². The number of amides is 1. The number of aromatic amines is 1. The molecule has 5 nitrogen and oxygen atoms in total. The maximum atomic E-state index is 11.8. The monoisotopic (exact) mass is 230 g/mol. The van der Waals surface area contributed by atoms with E-state index < -0.39 is 0 Å². The lowest BCUT2D eigenvalue weighted by molar-refractivity contribution is -0.115. The Hall–Kier alpha value is -2.17. The summed E-state index contributed by atoms with van der Waals surface area (Å²) < 4.78 is 0. The fourth-order valence-electron chi connectivity index (χ4n) is 1.60. The van der Waals surface area contributed by atoms with Crippen LogP contribution >= 0.6 is 0 Å². The molecule has 0 aliphatic heterocycles. The first-order valence-corrected chi connectivity index (χ1v) is 5.37. The van der Waals surface area contributed by atoms with Crippen LogP contribution in [-0.4, -0.2) is 21.1 Å². The van der Waals surface area contributed by atoms with E-state index in [4.69, 9.17) is 0 Å². The van der Waals surface area contributed by atoms with Gasteiger partial charge in [-0.05, 0) is 31.5 Å². The van der Waals surface area contributed by atoms with E-state index in [1.54, 1.807) is 12.4 Å². The topological polar surface area (TPSA) is 70.7 Å². The van der Waals surface area contributed by atoms with Crippen molar-refractivity contribution in [1.29, 1.82) is 0 Å². The lowest BCUT2D eigenvalue weighted by Gasteiger charge is -2.04. The molecule has 0 bridgehead atoms. The minimum Gasteiger partial charge on any atom is -0.323 e. The van der Waals surface area contributed by atoms with E-state index in [-0.39, 0.29) is 5.91 Å². The number of nitrogens with one attached hydrogen (secondary N) is 2. The first-order valence-electron chi connectivity index (χ1n) is 5.37. The average molecular weight is 230 g/mol. The minimum absolute atomic E-state index is 0.0520. The SMILES string of the molecule is Cc1n[nH]c(C)c1NC(=O)Cc1ccncc1. The number of hydrogen-bond acceptors (Lipinski definition) is 3. The molecule has 0 radical (unpaired) electrons. The van der Waals surface area contributed by atoms with Gasteiger partial charge in [0.1, 0.15) is 0 Å². The third-order valence-electron chi connectivity index (χ3n) is 2.51. The lowest BCUT2D eigenvalue weighted by atomic mass is 10.2. The van der Waals surface area contributed by atoms with Crippen LogP contribution in [0.4, 0.5) is 5.69 Å². The zero-order chi connectivity index (χ0) is 12.3. The van der Waals surface area contributed by atoms with Crippen LogP contribution < -0.4 is 5.32 Å². The molecule has 88 valence electrons. The second-order valence-electron chi connectivity index (χ2n) is 3.89. The molecule has 2 heterocycles. The molecule has 0 aromatic carbocycles. The number of pyridine rings is 1. The molecule has 0 fully saturated rings. The summed E-state index contributed by atoms with van der Waals surface area (Å²) in [7, 11) is 0. The quantitative estimate of drug-likeness (QED) is 0.841. The minimum atomic E-state index is -0.0520. The molecule has 0 aliphatic carbocycles. The standard InChI is InChI=1S/C12H14N4O/c1-8-12(9(2)16-15-8)14-11(17)7-10-3-5-13-6-4-10/h3-6H,7H2,1-2H3,(H,14,17)(H,15,16). The predicted molar refractivity (Wildman–Crippen MR) is 64.6 cm³/mol. The van der Waals surface area contributed by atoms with Crippen LogP contribution in [0.1, 0.15) is 17.0 Å². The van der Waals surface area contributed by atoms with E-state index >= 15 is 0 Å². The Bertz CT molecular complexity index is 499. The number of hydrogen-bond donors (Lipinski definition) is 2. The van der Waals surface area contributed by atoms with Crippen LogP contribution in [0.15, 0.2) is 24.5 Å². The molecule has 0 aliphatic rings. The highest BCUT2D eigenvalue weighted by molar-refractivity contribution is 5.93. The van der Waals surface area contributed by atoms with Gasteiger partial charge in [0.25, 0.3) is 0 Å². The summed E-state index contributed by atoms with van der Waals surface area (Å²) in [5.74, 6) is -0.0520. The number of H-pyrrole nitrogens is 1. The summed E-state index contributed by atoms with van der Waals surface area (Å²) in [5.41, 5.74) is 3.37. The van der Waals surface area contributed by atoms with Crippen molar-refractivity contribution in [3.63, 3.8) is 0 Å². The van der Waals surface area contributed by atoms with Gasteiger partial charge in [-0.1, -0.05) is 0 Å². The summed E-state index contributed by atoms with van der Waals surface area (Å²) in [6.45, 7) is 3.73. The number of carbonyl (C=O) groups excluding carboxylic acids is 1. The lowest BCUT2D eigenvalue weighted by Crippen LogP contribution is -2.15. The molecular weight excluding hydrogens is 216 g/mol. The van der Waals surface area contributed by atoms with Crippen molar-refractivity contribution in [3.05, 3.63) is 41.5 Å². The predicted octanol–water partition coefficient (Wildman–Crippen LogP) is 1.60. The molecule has 0 spiro atoms. The molecule has 0 atom stereocenters. The molecule has 0 saturated carbocycles. The van der Waals surface area contributed by atoms with E-state index in [0.717, 1.165) is 22.6 Å². The van der Waals surface area contributed by atoms with Crippen molar-refractivity contribution < 1.29 is 4.79 Å². The molecule has 2 aromatic heterocycles. The fraction of sp³-hybridized carbons (Fsp3) is 0.250. The number of aryl methyl sites for hydroxylation is 2. The third-order valence-corrected chi connectivity index (χ3v) is 2.51. The van der Waals surface area contributed by atoms with Gasteiger partial charge in [-0.3, -0.25) is 14.9 Å². The molecule has 5 heteroatoms. The highest BCUT2D eigenvalue weighted by Crippen LogP contribution is 2.16. The fourth-order valence-corrected chi connectivity index (χ4v) is 1.60. The van der Waals surface area contributed by atoms with E-state index in [1.807, 2.05) is 26.0 Å². The van der Waals surface area contributed by atoms with Crippen LogP contribution in [-0.2, 0) is 11.2 Å². The average Bonchev–Trinajstić information content (AvgIpc) is 2.62. The van der Waals surface area contributed by atoms with Crippen molar-refractivity contribution in [3.8, 4) is 0 Å². The van der Waals surface area contributed by atoms with E-state index in [9.17, 15) is 4.79 Å². The van der Waals surface area contributed by atoms with E-state index in [2.05, 4.69) is 20.5 Å². The van der Waals surface area contributed by atoms with Gasteiger partial charge < -0.3 is 5.32 Å². The Morgan fingerprint density at radius 1 is 1.35 bits per heavy atom. The number of aromatic nitrogens is 3. The van der Waals surface area contributed by atoms with Gasteiger partial charge >= 0.3 is 0 Å². The Balaban J connectivity index is 2.03. The Labute approximate surface area is 99.3 Å². The number of nitrogens with zero attached hydrogens (tertiary/aromatic N) is 2. The van der Waals surface area contributed by atoms with Crippen LogP contribution in [0.5, 0.6) is 0 Å².